The number of primary amides is 1. The third-order valence-electron chi connectivity index (χ3n) is 6.21. The second-order valence-electron chi connectivity index (χ2n) is 8.34. The van der Waals surface area contributed by atoms with E-state index in [1.807, 2.05) is 23.1 Å². The highest BCUT2D eigenvalue weighted by atomic mass is 16.5. The van der Waals surface area contributed by atoms with Crippen molar-refractivity contribution in [1.29, 1.82) is 0 Å². The van der Waals surface area contributed by atoms with Crippen LogP contribution in [0.25, 0.3) is 0 Å². The number of ether oxygens (including phenoxy) is 2. The molecule has 8 heteroatoms. The fourth-order valence-corrected chi connectivity index (χ4v) is 4.43. The van der Waals surface area contributed by atoms with Gasteiger partial charge in [-0.3, -0.25) is 14.9 Å². The molecule has 0 spiro atoms. The molecule has 1 saturated heterocycles. The van der Waals surface area contributed by atoms with Crippen LogP contribution >= 0.6 is 0 Å². The van der Waals surface area contributed by atoms with Gasteiger partial charge in [0.1, 0.15) is 18.4 Å². The van der Waals surface area contributed by atoms with E-state index in [0.717, 1.165) is 38.5 Å². The Morgan fingerprint density at radius 2 is 1.94 bits per heavy atom. The Bertz CT molecular complexity index is 915. The van der Waals surface area contributed by atoms with Gasteiger partial charge in [-0.2, -0.15) is 0 Å². The molecule has 1 aromatic heterocycles. The van der Waals surface area contributed by atoms with Gasteiger partial charge >= 0.3 is 0 Å². The first kappa shape index (κ1) is 22.2. The van der Waals surface area contributed by atoms with Crippen LogP contribution in [0.1, 0.15) is 48.0 Å². The Kier molecular flexibility index (Phi) is 7.34. The Morgan fingerprint density at radius 3 is 2.69 bits per heavy atom. The van der Waals surface area contributed by atoms with Crippen LogP contribution in [0.15, 0.2) is 48.7 Å². The average molecular weight is 439 g/mol. The largest absolute Gasteiger partial charge is 0.474 e. The number of nitrogens with one attached hydrogen (secondary N) is 1. The number of nitrogens with zero attached hydrogens (tertiary/aromatic N) is 2. The zero-order chi connectivity index (χ0) is 22.3. The molecule has 2 amide bonds. The number of benzene rings is 1. The molecule has 0 radical (unpaired) electrons. The fraction of sp³-hybridized carbons (Fsp3) is 0.458. The van der Waals surface area contributed by atoms with Crippen molar-refractivity contribution in [3.05, 3.63) is 59.8 Å². The fourth-order valence-electron chi connectivity index (χ4n) is 4.43. The summed E-state index contributed by atoms with van der Waals surface area (Å²) in [5.41, 5.74) is 6.93. The minimum atomic E-state index is -0.553. The average Bonchev–Trinajstić information content (AvgIpc) is 3.00. The maximum Gasteiger partial charge on any atom is 0.254 e. The van der Waals surface area contributed by atoms with E-state index in [4.69, 9.17) is 15.2 Å². The molecule has 2 fully saturated rings. The Balaban J connectivity index is 1.33. The van der Waals surface area contributed by atoms with Crippen molar-refractivity contribution >= 4 is 11.8 Å². The normalized spacial score (nSPS) is 24.1. The minimum absolute atomic E-state index is 0.0609. The minimum Gasteiger partial charge on any atom is -0.474 e. The number of hydrogen-bond donors (Lipinski definition) is 2. The van der Waals surface area contributed by atoms with Gasteiger partial charge < -0.3 is 20.1 Å². The molecule has 8 nitrogen and oxygen atoms in total. The van der Waals surface area contributed by atoms with Gasteiger partial charge in [-0.05, 0) is 56.2 Å². The molecule has 2 aromatic rings. The number of pyridine rings is 1. The summed E-state index contributed by atoms with van der Waals surface area (Å²) in [5.74, 6) is -0.172. The van der Waals surface area contributed by atoms with Crippen LogP contribution in [0.2, 0.25) is 0 Å². The van der Waals surface area contributed by atoms with E-state index in [1.54, 1.807) is 18.3 Å². The standard InChI is InChI=1S/C24H30N4O4/c25-22(29)20-7-4-14-26-23(20)32-19-11-9-18(10-12-19)28-16-31-15-27-21(24(28)30)13-8-17-5-2-1-3-6-17/h1-7,14,18-19,21,27H,8-13,15-16H2,(H2,25,29)/t18-,19-,21?. The summed E-state index contributed by atoms with van der Waals surface area (Å²) < 4.78 is 11.7. The van der Waals surface area contributed by atoms with Crippen molar-refractivity contribution in [2.45, 2.75) is 56.7 Å². The first-order valence-corrected chi connectivity index (χ1v) is 11.2. The van der Waals surface area contributed by atoms with Crippen molar-refractivity contribution < 1.29 is 19.1 Å². The van der Waals surface area contributed by atoms with Crippen molar-refractivity contribution in [3.8, 4) is 5.88 Å². The molecule has 1 aliphatic carbocycles. The van der Waals surface area contributed by atoms with Crippen LogP contribution < -0.4 is 15.8 Å². The predicted octanol–water partition coefficient (Wildman–Crippen LogP) is 2.24. The molecule has 1 aromatic carbocycles. The molecule has 1 atom stereocenters. The highest BCUT2D eigenvalue weighted by molar-refractivity contribution is 5.94. The van der Waals surface area contributed by atoms with E-state index in [2.05, 4.69) is 22.4 Å². The summed E-state index contributed by atoms with van der Waals surface area (Å²) in [6.07, 6.45) is 6.25. The van der Waals surface area contributed by atoms with Gasteiger partial charge in [0.25, 0.3) is 5.91 Å². The van der Waals surface area contributed by atoms with E-state index >= 15 is 0 Å². The lowest BCUT2D eigenvalue weighted by molar-refractivity contribution is -0.140. The maximum absolute atomic E-state index is 13.2. The predicted molar refractivity (Wildman–Crippen MR) is 119 cm³/mol. The first-order valence-electron chi connectivity index (χ1n) is 11.2. The topological polar surface area (TPSA) is 107 Å². The molecular weight excluding hydrogens is 408 g/mol. The number of carbonyl (C=O) groups is 2. The molecule has 4 rings (SSSR count). The Hall–Kier alpha value is -2.97. The maximum atomic E-state index is 13.2. The van der Waals surface area contributed by atoms with Crippen LogP contribution in [0, 0.1) is 0 Å². The van der Waals surface area contributed by atoms with E-state index in [-0.39, 0.29) is 35.5 Å². The van der Waals surface area contributed by atoms with Crippen molar-refractivity contribution in [2.24, 2.45) is 5.73 Å². The lowest BCUT2D eigenvalue weighted by Gasteiger charge is -2.36. The number of nitrogens with two attached hydrogens (primary N) is 1. The summed E-state index contributed by atoms with van der Waals surface area (Å²) in [4.78, 5) is 30.9. The summed E-state index contributed by atoms with van der Waals surface area (Å²) >= 11 is 0. The molecule has 3 N–H and O–H groups in total. The second-order valence-corrected chi connectivity index (χ2v) is 8.34. The molecule has 0 bridgehead atoms. The van der Waals surface area contributed by atoms with E-state index < -0.39 is 5.91 Å². The van der Waals surface area contributed by atoms with Crippen LogP contribution in [-0.2, 0) is 16.0 Å². The Morgan fingerprint density at radius 1 is 1.16 bits per heavy atom. The Labute approximate surface area is 188 Å². The van der Waals surface area contributed by atoms with Crippen LogP contribution in [0.5, 0.6) is 5.88 Å². The van der Waals surface area contributed by atoms with Gasteiger partial charge in [0.2, 0.25) is 11.8 Å². The molecule has 2 aliphatic rings. The molecule has 1 saturated carbocycles. The molecule has 2 heterocycles. The third kappa shape index (κ3) is 5.44. The van der Waals surface area contributed by atoms with Gasteiger partial charge in [-0.15, -0.1) is 0 Å². The van der Waals surface area contributed by atoms with Gasteiger partial charge in [-0.25, -0.2) is 4.98 Å². The third-order valence-corrected chi connectivity index (χ3v) is 6.21. The van der Waals surface area contributed by atoms with Crippen molar-refractivity contribution in [1.82, 2.24) is 15.2 Å². The first-order chi connectivity index (χ1) is 15.6. The number of rotatable bonds is 7. The van der Waals surface area contributed by atoms with Gasteiger partial charge in [0.15, 0.2) is 0 Å². The summed E-state index contributed by atoms with van der Waals surface area (Å²) in [7, 11) is 0. The van der Waals surface area contributed by atoms with E-state index in [1.165, 1.54) is 5.56 Å². The number of hydrogen-bond acceptors (Lipinski definition) is 6. The SMILES string of the molecule is NC(=O)c1cccnc1O[C@H]1CC[C@H](N2COCNC(CCc3ccccc3)C2=O)CC1. The highest BCUT2D eigenvalue weighted by Crippen LogP contribution is 2.28. The highest BCUT2D eigenvalue weighted by Gasteiger charge is 2.34. The van der Waals surface area contributed by atoms with Gasteiger partial charge in [-0.1, -0.05) is 30.3 Å². The number of aromatic nitrogens is 1. The quantitative estimate of drug-likeness (QED) is 0.687. The lowest BCUT2D eigenvalue weighted by atomic mass is 9.91. The van der Waals surface area contributed by atoms with E-state index in [9.17, 15) is 9.59 Å². The molecule has 1 aliphatic heterocycles. The van der Waals surface area contributed by atoms with Crippen molar-refractivity contribution in [2.75, 3.05) is 13.5 Å². The molecular formula is C24H30N4O4. The van der Waals surface area contributed by atoms with Crippen LogP contribution in [0.3, 0.4) is 0 Å². The summed E-state index contributed by atoms with van der Waals surface area (Å²) in [6.45, 7) is 0.672. The van der Waals surface area contributed by atoms with Crippen LogP contribution in [-0.4, -0.2) is 53.3 Å². The molecule has 170 valence electrons. The smallest absolute Gasteiger partial charge is 0.254 e. The number of carbonyl (C=O) groups excluding carboxylic acids is 2. The lowest BCUT2D eigenvalue weighted by Crippen LogP contribution is -2.49. The zero-order valence-corrected chi connectivity index (χ0v) is 18.1. The number of aryl methyl sites for hydroxylation is 1. The second kappa shape index (κ2) is 10.6. The molecule has 32 heavy (non-hydrogen) atoms. The number of amides is 2. The van der Waals surface area contributed by atoms with Crippen LogP contribution in [0.4, 0.5) is 0 Å². The van der Waals surface area contributed by atoms with Gasteiger partial charge in [0.05, 0.1) is 12.8 Å². The summed E-state index contributed by atoms with van der Waals surface area (Å²) in [5, 5.41) is 3.24. The monoisotopic (exact) mass is 438 g/mol. The van der Waals surface area contributed by atoms with Crippen molar-refractivity contribution in [3.63, 3.8) is 0 Å². The molecule has 1 unspecified atom stereocenters. The van der Waals surface area contributed by atoms with E-state index in [0.29, 0.717) is 13.5 Å². The summed E-state index contributed by atoms with van der Waals surface area (Å²) in [6, 6.07) is 13.3. The van der Waals surface area contributed by atoms with Gasteiger partial charge in [0, 0.05) is 12.2 Å². The zero-order valence-electron chi connectivity index (χ0n) is 18.1.